The first-order valence-electron chi connectivity index (χ1n) is 19.5. The normalized spacial score (nSPS) is 21.5. The molecule has 3 aliphatic heterocycles. The third-order valence-corrected chi connectivity index (χ3v) is 12.1. The van der Waals surface area contributed by atoms with Gasteiger partial charge < -0.3 is 25.0 Å². The summed E-state index contributed by atoms with van der Waals surface area (Å²) in [6.45, 7) is 9.79. The number of rotatable bonds is 11. The molecule has 1 unspecified atom stereocenters. The molecule has 0 bridgehead atoms. The van der Waals surface area contributed by atoms with Crippen molar-refractivity contribution >= 4 is 29.1 Å². The molecule has 0 saturated carbocycles. The zero-order valence-electron chi connectivity index (χ0n) is 30.8. The van der Waals surface area contributed by atoms with E-state index in [4.69, 9.17) is 16.3 Å². The van der Waals surface area contributed by atoms with Gasteiger partial charge >= 0.3 is 0 Å². The van der Waals surface area contributed by atoms with Gasteiger partial charge in [-0.3, -0.25) is 14.5 Å². The average Bonchev–Trinajstić information content (AvgIpc) is 3.52. The summed E-state index contributed by atoms with van der Waals surface area (Å²) in [4.78, 5) is 32.4. The van der Waals surface area contributed by atoms with E-state index in [2.05, 4.69) is 88.4 Å². The number of aromatic hydroxyl groups is 1. The Kier molecular flexibility index (Phi) is 10.7. The van der Waals surface area contributed by atoms with Crippen molar-refractivity contribution < 1.29 is 19.4 Å². The van der Waals surface area contributed by atoms with Gasteiger partial charge in [-0.05, 0) is 122 Å². The highest BCUT2D eigenvalue weighted by Gasteiger charge is 2.40. The molecule has 2 fully saturated rings. The molecule has 9 heteroatoms. The van der Waals surface area contributed by atoms with Crippen LogP contribution in [0.15, 0.2) is 97.2 Å². The number of nitrogens with zero attached hydrogens (tertiary/aromatic N) is 3. The van der Waals surface area contributed by atoms with E-state index in [1.54, 1.807) is 4.90 Å². The number of carbonyl (C=O) groups is 2. The minimum absolute atomic E-state index is 0.163. The van der Waals surface area contributed by atoms with E-state index < -0.39 is 6.04 Å². The monoisotopic (exact) mass is 744 g/mol. The Hall–Kier alpha value is -4.79. The van der Waals surface area contributed by atoms with Gasteiger partial charge in [0.2, 0.25) is 5.91 Å². The number of carbonyl (C=O) groups excluding carboxylic acids is 2. The molecule has 2 N–H and O–H groups in total. The number of fused-ring (bicyclic) bond motifs is 2. The van der Waals surface area contributed by atoms with E-state index in [9.17, 15) is 14.7 Å². The number of hydrogen-bond acceptors (Lipinski definition) is 6. The second-order valence-corrected chi connectivity index (χ2v) is 15.7. The molecular weight excluding hydrogens is 696 g/mol. The first kappa shape index (κ1) is 36.2. The summed E-state index contributed by atoms with van der Waals surface area (Å²) < 4.78 is 6.19. The van der Waals surface area contributed by atoms with E-state index in [1.165, 1.54) is 22.3 Å². The maximum atomic E-state index is 13.3. The molecular formula is C45H49ClN4O4. The highest BCUT2D eigenvalue weighted by Crippen LogP contribution is 2.47. The lowest BCUT2D eigenvalue weighted by Gasteiger charge is -2.36. The maximum absolute atomic E-state index is 13.3. The zero-order chi connectivity index (χ0) is 37.2. The first-order valence-corrected chi connectivity index (χ1v) is 19.9. The molecule has 0 spiro atoms. The van der Waals surface area contributed by atoms with Gasteiger partial charge in [-0.15, -0.1) is 0 Å². The summed E-state index contributed by atoms with van der Waals surface area (Å²) in [7, 11) is 0. The third-order valence-electron chi connectivity index (χ3n) is 11.9. The Bertz CT molecular complexity index is 2010. The molecule has 8 nitrogen and oxygen atoms in total. The number of piperidine rings is 1. The number of nitrogens with one attached hydrogen (secondary N) is 1. The average molecular weight is 745 g/mol. The van der Waals surface area contributed by atoms with Crippen molar-refractivity contribution in [3.8, 4) is 11.5 Å². The Labute approximate surface area is 323 Å². The maximum Gasteiger partial charge on any atom is 0.256 e. The fourth-order valence-electron chi connectivity index (χ4n) is 8.99. The number of anilines is 1. The highest BCUT2D eigenvalue weighted by molar-refractivity contribution is 6.34. The number of allylic oxidation sites excluding steroid dienone is 1. The van der Waals surface area contributed by atoms with Crippen LogP contribution in [0.4, 0.5) is 5.69 Å². The number of unbranched alkanes of at least 4 members (excludes halogenated alkanes) is 2. The van der Waals surface area contributed by atoms with Gasteiger partial charge in [0.15, 0.2) is 0 Å². The number of hydrogen-bond donors (Lipinski definition) is 2. The van der Waals surface area contributed by atoms with Crippen LogP contribution in [0.2, 0.25) is 5.02 Å². The van der Waals surface area contributed by atoms with Crippen LogP contribution < -0.4 is 15.0 Å². The molecule has 54 heavy (non-hydrogen) atoms. The molecule has 2 saturated heterocycles. The van der Waals surface area contributed by atoms with Gasteiger partial charge in [-0.2, -0.15) is 0 Å². The topological polar surface area (TPSA) is 85.4 Å². The molecule has 280 valence electrons. The van der Waals surface area contributed by atoms with Crippen LogP contribution in [0.25, 0.3) is 0 Å². The van der Waals surface area contributed by atoms with E-state index in [1.807, 2.05) is 18.2 Å². The summed E-state index contributed by atoms with van der Waals surface area (Å²) in [6, 6.07) is 28.8. The lowest BCUT2D eigenvalue weighted by Crippen LogP contribution is -2.49. The Morgan fingerprint density at radius 3 is 2.41 bits per heavy atom. The highest BCUT2D eigenvalue weighted by atomic mass is 35.5. The molecule has 4 aromatic rings. The SMILES string of the molecule is C=C1CCC(N2Cc3cc(N4CCN(CCCCCOc5ccc([C@@H]6c7ccc(O)cc7CC[C@@H]6c6ccccc6)cc5)CC4)cc(Cl)c3C2=O)C(=O)N1. The van der Waals surface area contributed by atoms with Crippen molar-refractivity contribution in [3.05, 3.63) is 136 Å². The lowest BCUT2D eigenvalue weighted by molar-refractivity contribution is -0.126. The minimum Gasteiger partial charge on any atom is -0.508 e. The van der Waals surface area contributed by atoms with Crippen LogP contribution in [-0.2, 0) is 17.8 Å². The summed E-state index contributed by atoms with van der Waals surface area (Å²) in [5, 5.41) is 13.4. The smallest absolute Gasteiger partial charge is 0.256 e. The predicted octanol–water partition coefficient (Wildman–Crippen LogP) is 8.03. The predicted molar refractivity (Wildman–Crippen MR) is 214 cm³/mol. The number of halogens is 1. The van der Waals surface area contributed by atoms with Crippen molar-refractivity contribution in [1.29, 1.82) is 0 Å². The first-order chi connectivity index (χ1) is 26.3. The van der Waals surface area contributed by atoms with Crippen LogP contribution in [0.5, 0.6) is 11.5 Å². The van der Waals surface area contributed by atoms with E-state index >= 15 is 0 Å². The van der Waals surface area contributed by atoms with E-state index in [0.29, 0.717) is 53.9 Å². The summed E-state index contributed by atoms with van der Waals surface area (Å²) in [5.74, 6) is 1.53. The van der Waals surface area contributed by atoms with Crippen LogP contribution in [0, 0.1) is 0 Å². The zero-order valence-corrected chi connectivity index (χ0v) is 31.6. The van der Waals surface area contributed by atoms with Crippen molar-refractivity contribution in [2.45, 2.75) is 69.4 Å². The second kappa shape index (κ2) is 15.9. The van der Waals surface area contributed by atoms with Crippen LogP contribution in [-0.4, -0.2) is 72.1 Å². The van der Waals surface area contributed by atoms with Gasteiger partial charge in [0.05, 0.1) is 17.2 Å². The minimum atomic E-state index is -0.492. The summed E-state index contributed by atoms with van der Waals surface area (Å²) in [5.41, 5.74) is 8.36. The molecule has 1 aliphatic carbocycles. The number of aryl methyl sites for hydroxylation is 1. The van der Waals surface area contributed by atoms with Crippen LogP contribution >= 0.6 is 11.6 Å². The molecule has 4 aliphatic rings. The van der Waals surface area contributed by atoms with E-state index in [0.717, 1.165) is 81.8 Å². The molecule has 8 rings (SSSR count). The fourth-order valence-corrected chi connectivity index (χ4v) is 9.30. The molecule has 3 heterocycles. The van der Waals surface area contributed by atoms with Gasteiger partial charge in [0.1, 0.15) is 17.5 Å². The molecule has 3 atom stereocenters. The van der Waals surface area contributed by atoms with Gasteiger partial charge in [0, 0.05) is 50.0 Å². The van der Waals surface area contributed by atoms with Crippen LogP contribution in [0.3, 0.4) is 0 Å². The Morgan fingerprint density at radius 1 is 0.833 bits per heavy atom. The summed E-state index contributed by atoms with van der Waals surface area (Å²) in [6.07, 6.45) is 6.52. The Morgan fingerprint density at radius 2 is 1.63 bits per heavy atom. The van der Waals surface area contributed by atoms with Crippen molar-refractivity contribution in [3.63, 3.8) is 0 Å². The number of amides is 2. The van der Waals surface area contributed by atoms with Crippen LogP contribution in [0.1, 0.15) is 88.5 Å². The quantitative estimate of drug-likeness (QED) is 0.151. The van der Waals surface area contributed by atoms with Gasteiger partial charge in [-0.1, -0.05) is 66.7 Å². The molecule has 0 aromatic heterocycles. The Balaban J connectivity index is 0.783. The number of ether oxygens (including phenoxy) is 1. The molecule has 4 aromatic carbocycles. The van der Waals surface area contributed by atoms with Crippen molar-refractivity contribution in [2.75, 3.05) is 44.2 Å². The third kappa shape index (κ3) is 7.59. The summed E-state index contributed by atoms with van der Waals surface area (Å²) >= 11 is 6.70. The van der Waals surface area contributed by atoms with Crippen molar-refractivity contribution in [2.24, 2.45) is 0 Å². The lowest BCUT2D eigenvalue weighted by atomic mass is 9.69. The second-order valence-electron chi connectivity index (χ2n) is 15.3. The van der Waals surface area contributed by atoms with Gasteiger partial charge in [-0.25, -0.2) is 0 Å². The number of benzene rings is 4. The fraction of sp³-hybridized carbons (Fsp3) is 0.378. The number of phenolic OH excluding ortho intramolecular Hbond substituents is 1. The molecule has 0 radical (unpaired) electrons. The molecule has 2 amide bonds. The standard InChI is InChI=1S/C45H49ClN4O4/c1-30-10-19-41(44(52)47-30)50-29-34-26-35(28-40(46)43(34)45(50)53)49-23-21-48(22-24-49)20-6-3-7-25-54-37-15-11-32(12-16-37)42-38(31-8-4-2-5-9-31)17-13-33-27-36(51)14-18-39(33)42/h2,4-5,8-9,11-12,14-16,18,26-28,38,41-42,51H,1,3,6-7,10,13,17,19-25,29H2,(H,47,52)/t38-,41?,42+/m1/s1. The number of piperazine rings is 1. The largest absolute Gasteiger partial charge is 0.508 e. The van der Waals surface area contributed by atoms with Crippen molar-refractivity contribution in [1.82, 2.24) is 15.1 Å². The van der Waals surface area contributed by atoms with Gasteiger partial charge in [0.25, 0.3) is 5.91 Å². The number of phenols is 1. The van der Waals surface area contributed by atoms with E-state index in [-0.39, 0.29) is 17.7 Å².